The van der Waals surface area contributed by atoms with Gasteiger partial charge in [-0.3, -0.25) is 4.90 Å². The molecule has 0 amide bonds. The monoisotopic (exact) mass is 497 g/mol. The van der Waals surface area contributed by atoms with Gasteiger partial charge in [-0.2, -0.15) is 0 Å². The third kappa shape index (κ3) is 3.93. The van der Waals surface area contributed by atoms with Crippen molar-refractivity contribution in [3.05, 3.63) is 54.1 Å². The zero-order chi connectivity index (χ0) is 25.9. The van der Waals surface area contributed by atoms with Crippen LogP contribution in [0.15, 0.2) is 48.5 Å². The van der Waals surface area contributed by atoms with E-state index in [9.17, 15) is 0 Å². The number of ether oxygens (including phenoxy) is 2. The molecule has 2 saturated heterocycles. The number of pyridine rings is 1. The first-order chi connectivity index (χ1) is 17.8. The Kier molecular flexibility index (Phi) is 5.64. The molecule has 2 fully saturated rings. The number of hydrogen-bond acceptors (Lipinski definition) is 6. The molecule has 2 aromatic heterocycles. The highest BCUT2D eigenvalue weighted by atomic mass is 16.5. The molecule has 0 radical (unpaired) electrons. The summed E-state index contributed by atoms with van der Waals surface area (Å²) in [4.78, 5) is 15.0. The highest BCUT2D eigenvalue weighted by Crippen LogP contribution is 2.43. The lowest BCUT2D eigenvalue weighted by Crippen LogP contribution is -2.73. The summed E-state index contributed by atoms with van der Waals surface area (Å²) in [7, 11) is 5.30. The van der Waals surface area contributed by atoms with E-state index in [1.54, 1.807) is 14.2 Å². The number of imidazole rings is 1. The van der Waals surface area contributed by atoms with Crippen molar-refractivity contribution < 1.29 is 9.47 Å². The summed E-state index contributed by atoms with van der Waals surface area (Å²) in [5, 5.41) is 0. The highest BCUT2D eigenvalue weighted by Gasteiger charge is 2.52. The number of aryl methyl sites for hydroxylation is 2. The number of fused-ring (bicyclic) bond motifs is 1. The fraction of sp³-hybridized carbons (Fsp3) is 0.400. The van der Waals surface area contributed by atoms with Crippen LogP contribution in [0.25, 0.3) is 33.8 Å². The summed E-state index contributed by atoms with van der Waals surface area (Å²) in [6.07, 6.45) is 0. The first-order valence-electron chi connectivity index (χ1n) is 13.0. The van der Waals surface area contributed by atoms with Crippen molar-refractivity contribution in [1.82, 2.24) is 19.4 Å². The number of likely N-dealkylation sites (tertiary alicyclic amines) is 1. The van der Waals surface area contributed by atoms with Gasteiger partial charge in [-0.1, -0.05) is 12.1 Å². The van der Waals surface area contributed by atoms with Crippen LogP contribution >= 0.6 is 0 Å². The number of nitrogens with zero attached hydrogens (tertiary/aromatic N) is 5. The quantitative estimate of drug-likeness (QED) is 0.367. The zero-order valence-corrected chi connectivity index (χ0v) is 22.6. The molecule has 37 heavy (non-hydrogen) atoms. The summed E-state index contributed by atoms with van der Waals surface area (Å²) in [6.45, 7) is 11.5. The van der Waals surface area contributed by atoms with Crippen LogP contribution in [0.1, 0.15) is 19.4 Å². The first-order valence-corrected chi connectivity index (χ1v) is 13.0. The molecule has 0 atom stereocenters. The number of benzene rings is 2. The molecule has 192 valence electrons. The second-order valence-electron chi connectivity index (χ2n) is 11.0. The summed E-state index contributed by atoms with van der Waals surface area (Å²) in [5.74, 6) is 2.22. The number of aromatic nitrogens is 3. The van der Waals surface area contributed by atoms with Crippen LogP contribution in [0.2, 0.25) is 0 Å². The molecule has 0 saturated carbocycles. The van der Waals surface area contributed by atoms with Crippen molar-refractivity contribution in [2.75, 3.05) is 45.3 Å². The molecule has 0 aliphatic carbocycles. The van der Waals surface area contributed by atoms with Crippen LogP contribution in [0.4, 0.5) is 5.69 Å². The van der Waals surface area contributed by atoms with Crippen molar-refractivity contribution in [1.29, 1.82) is 0 Å². The smallest absolute Gasteiger partial charge is 0.161 e. The van der Waals surface area contributed by atoms with Gasteiger partial charge in [0.05, 0.1) is 19.9 Å². The van der Waals surface area contributed by atoms with Gasteiger partial charge >= 0.3 is 0 Å². The fourth-order valence-corrected chi connectivity index (χ4v) is 5.85. The average Bonchev–Trinajstić information content (AvgIpc) is 3.19. The van der Waals surface area contributed by atoms with E-state index in [4.69, 9.17) is 19.4 Å². The van der Waals surface area contributed by atoms with Gasteiger partial charge in [0.25, 0.3) is 0 Å². The highest BCUT2D eigenvalue weighted by molar-refractivity contribution is 5.83. The van der Waals surface area contributed by atoms with E-state index in [-0.39, 0.29) is 0 Å². The molecule has 2 aromatic carbocycles. The fourth-order valence-electron chi connectivity index (χ4n) is 5.85. The molecule has 7 nitrogen and oxygen atoms in total. The predicted octanol–water partition coefficient (Wildman–Crippen LogP) is 5.16. The summed E-state index contributed by atoms with van der Waals surface area (Å²) >= 11 is 0. The maximum Gasteiger partial charge on any atom is 0.161 e. The molecule has 2 aliphatic heterocycles. The van der Waals surface area contributed by atoms with Crippen LogP contribution in [0.3, 0.4) is 0 Å². The number of methoxy groups -OCH3 is 2. The Bertz CT molecular complexity index is 1460. The van der Waals surface area contributed by atoms with Crippen LogP contribution in [-0.4, -0.2) is 65.9 Å². The standard InChI is InChI=1S/C30H35N5O2/c1-19(2)34-15-30(16-34)17-35(18-30)23-10-7-21(8-11-23)24-13-20(3)27-29(31-24)33(4)28(32-27)22-9-12-25(36-5)26(14-22)37-6/h7-14,19H,15-18H2,1-6H3. The third-order valence-electron chi connectivity index (χ3n) is 8.05. The topological polar surface area (TPSA) is 55.7 Å². The number of anilines is 1. The van der Waals surface area contributed by atoms with E-state index in [0.717, 1.165) is 52.5 Å². The van der Waals surface area contributed by atoms with Crippen LogP contribution in [0, 0.1) is 12.3 Å². The minimum atomic E-state index is 0.512. The van der Waals surface area contributed by atoms with Gasteiger partial charge < -0.3 is 18.9 Å². The van der Waals surface area contributed by atoms with E-state index >= 15 is 0 Å². The van der Waals surface area contributed by atoms with E-state index in [1.165, 1.54) is 18.8 Å². The second kappa shape index (κ2) is 8.77. The molecular formula is C30H35N5O2. The average molecular weight is 498 g/mol. The van der Waals surface area contributed by atoms with Gasteiger partial charge in [0, 0.05) is 61.5 Å². The Balaban J connectivity index is 1.25. The Labute approximate surface area is 218 Å². The largest absolute Gasteiger partial charge is 0.493 e. The van der Waals surface area contributed by atoms with Gasteiger partial charge in [0.1, 0.15) is 11.3 Å². The SMILES string of the molecule is COc1ccc(-c2nc3c(C)cc(-c4ccc(N5CC6(C5)CN(C(C)C)C6)cc4)nc3n2C)cc1OC. The maximum atomic E-state index is 5.50. The van der Waals surface area contributed by atoms with E-state index in [1.807, 2.05) is 25.2 Å². The summed E-state index contributed by atoms with van der Waals surface area (Å²) < 4.78 is 13.0. The minimum absolute atomic E-state index is 0.512. The Morgan fingerprint density at radius 3 is 2.16 bits per heavy atom. The van der Waals surface area contributed by atoms with Gasteiger partial charge in [-0.15, -0.1) is 0 Å². The van der Waals surface area contributed by atoms with Crippen molar-refractivity contribution in [2.45, 2.75) is 26.8 Å². The van der Waals surface area contributed by atoms with Gasteiger partial charge in [-0.05, 0) is 62.7 Å². The zero-order valence-electron chi connectivity index (χ0n) is 22.6. The normalized spacial score (nSPS) is 16.8. The minimum Gasteiger partial charge on any atom is -0.493 e. The lowest BCUT2D eigenvalue weighted by molar-refractivity contribution is -0.0411. The van der Waals surface area contributed by atoms with Crippen molar-refractivity contribution in [2.24, 2.45) is 12.5 Å². The van der Waals surface area contributed by atoms with Crippen molar-refractivity contribution in [3.8, 4) is 34.1 Å². The Hall–Kier alpha value is -3.58. The Morgan fingerprint density at radius 2 is 1.51 bits per heavy atom. The lowest BCUT2D eigenvalue weighted by atomic mass is 9.72. The lowest BCUT2D eigenvalue weighted by Gasteiger charge is -2.62. The van der Waals surface area contributed by atoms with E-state index in [0.29, 0.717) is 23.0 Å². The molecule has 4 aromatic rings. The van der Waals surface area contributed by atoms with Crippen LogP contribution < -0.4 is 14.4 Å². The predicted molar refractivity (Wildman–Crippen MR) is 149 cm³/mol. The second-order valence-corrected chi connectivity index (χ2v) is 11.0. The summed E-state index contributed by atoms with van der Waals surface area (Å²) in [6, 6.07) is 17.5. The van der Waals surface area contributed by atoms with Crippen molar-refractivity contribution >= 4 is 16.9 Å². The van der Waals surface area contributed by atoms with E-state index < -0.39 is 0 Å². The molecule has 0 N–H and O–H groups in total. The number of rotatable bonds is 6. The molecule has 7 heteroatoms. The van der Waals surface area contributed by atoms with Crippen LogP contribution in [-0.2, 0) is 7.05 Å². The third-order valence-corrected chi connectivity index (χ3v) is 8.05. The first kappa shape index (κ1) is 23.8. The van der Waals surface area contributed by atoms with Gasteiger partial charge in [0.2, 0.25) is 0 Å². The van der Waals surface area contributed by atoms with Crippen molar-refractivity contribution in [3.63, 3.8) is 0 Å². The molecule has 0 unspecified atom stereocenters. The number of hydrogen-bond donors (Lipinski definition) is 0. The molecule has 1 spiro atoms. The van der Waals surface area contributed by atoms with E-state index in [2.05, 4.69) is 65.5 Å². The molecule has 6 rings (SSSR count). The molecule has 0 bridgehead atoms. The van der Waals surface area contributed by atoms with Crippen LogP contribution in [0.5, 0.6) is 11.5 Å². The Morgan fingerprint density at radius 1 is 0.838 bits per heavy atom. The molecular weight excluding hydrogens is 462 g/mol. The molecule has 2 aliphatic rings. The van der Waals surface area contributed by atoms with Gasteiger partial charge in [0.15, 0.2) is 17.1 Å². The van der Waals surface area contributed by atoms with Gasteiger partial charge in [-0.25, -0.2) is 9.97 Å². The molecule has 4 heterocycles. The maximum absolute atomic E-state index is 5.50. The summed E-state index contributed by atoms with van der Waals surface area (Å²) in [5.41, 5.74) is 7.74.